The molecule has 1 aromatic carbocycles. The van der Waals surface area contributed by atoms with Gasteiger partial charge in [-0.05, 0) is 55.5 Å². The van der Waals surface area contributed by atoms with Crippen LogP contribution in [0.2, 0.25) is 0 Å². The molecular weight excluding hydrogens is 415 g/mol. The Balaban J connectivity index is 1.45. The van der Waals surface area contributed by atoms with E-state index >= 15 is 0 Å². The van der Waals surface area contributed by atoms with Gasteiger partial charge in [0, 0.05) is 30.9 Å². The predicted octanol–water partition coefficient (Wildman–Crippen LogP) is 3.80. The van der Waals surface area contributed by atoms with Gasteiger partial charge in [-0.25, -0.2) is 9.37 Å². The van der Waals surface area contributed by atoms with Crippen LogP contribution in [-0.4, -0.2) is 54.3 Å². The molecule has 0 aliphatic carbocycles. The maximum atomic E-state index is 13.5. The molecular formula is C22H21FN6OS. The lowest BCUT2D eigenvalue weighted by atomic mass is 9.97. The molecule has 0 bridgehead atoms. The van der Waals surface area contributed by atoms with Gasteiger partial charge in [-0.2, -0.15) is 0 Å². The molecule has 0 saturated carbocycles. The molecule has 0 unspecified atom stereocenters. The lowest BCUT2D eigenvalue weighted by Crippen LogP contribution is -2.40. The maximum Gasteiger partial charge on any atom is 0.272 e. The number of amides is 1. The third-order valence-electron chi connectivity index (χ3n) is 5.63. The lowest BCUT2D eigenvalue weighted by Gasteiger charge is -2.32. The van der Waals surface area contributed by atoms with E-state index in [0.29, 0.717) is 29.6 Å². The van der Waals surface area contributed by atoms with E-state index < -0.39 is 0 Å². The first kappa shape index (κ1) is 19.7. The summed E-state index contributed by atoms with van der Waals surface area (Å²) in [6.07, 6.45) is 7.31. The van der Waals surface area contributed by atoms with Crippen molar-refractivity contribution in [1.82, 2.24) is 29.0 Å². The first-order valence-corrected chi connectivity index (χ1v) is 11.3. The van der Waals surface area contributed by atoms with Gasteiger partial charge in [-0.3, -0.25) is 13.8 Å². The molecule has 1 fully saturated rings. The summed E-state index contributed by atoms with van der Waals surface area (Å²) in [4.78, 5) is 19.8. The molecule has 0 N–H and O–H groups in total. The predicted molar refractivity (Wildman–Crippen MR) is 116 cm³/mol. The van der Waals surface area contributed by atoms with Gasteiger partial charge in [0.2, 0.25) is 0 Å². The number of pyridine rings is 1. The Morgan fingerprint density at radius 2 is 2.00 bits per heavy atom. The van der Waals surface area contributed by atoms with Crippen LogP contribution in [0.5, 0.6) is 0 Å². The molecule has 158 valence electrons. The number of halogens is 1. The highest BCUT2D eigenvalue weighted by Crippen LogP contribution is 2.29. The fourth-order valence-electron chi connectivity index (χ4n) is 4.14. The Morgan fingerprint density at radius 1 is 1.16 bits per heavy atom. The zero-order chi connectivity index (χ0) is 21.4. The van der Waals surface area contributed by atoms with Crippen LogP contribution in [0.25, 0.3) is 11.3 Å². The van der Waals surface area contributed by atoms with Gasteiger partial charge in [0.15, 0.2) is 10.8 Å². The largest absolute Gasteiger partial charge is 0.337 e. The number of fused-ring (bicyclic) bond motifs is 1. The number of carbonyl (C=O) groups is 1. The van der Waals surface area contributed by atoms with Crippen LogP contribution in [0.15, 0.2) is 60.0 Å². The first-order valence-electron chi connectivity index (χ1n) is 10.1. The molecule has 9 heteroatoms. The summed E-state index contributed by atoms with van der Waals surface area (Å²) in [6.45, 7) is 1.24. The van der Waals surface area contributed by atoms with Crippen LogP contribution in [-0.2, 0) is 0 Å². The van der Waals surface area contributed by atoms with Crippen molar-refractivity contribution in [2.45, 2.75) is 23.9 Å². The summed E-state index contributed by atoms with van der Waals surface area (Å²) in [6, 6.07) is 11.9. The highest BCUT2D eigenvalue weighted by molar-refractivity contribution is 7.98. The van der Waals surface area contributed by atoms with E-state index in [2.05, 4.69) is 15.2 Å². The quantitative estimate of drug-likeness (QED) is 0.455. The van der Waals surface area contributed by atoms with Crippen molar-refractivity contribution in [3.63, 3.8) is 0 Å². The monoisotopic (exact) mass is 436 g/mol. The molecule has 1 amide bonds. The minimum Gasteiger partial charge on any atom is -0.337 e. The van der Waals surface area contributed by atoms with E-state index in [1.54, 1.807) is 22.9 Å². The number of aromatic nitrogens is 5. The summed E-state index contributed by atoms with van der Waals surface area (Å²) in [7, 11) is 0. The zero-order valence-electron chi connectivity index (χ0n) is 17.0. The van der Waals surface area contributed by atoms with E-state index in [1.807, 2.05) is 40.0 Å². The Bertz CT molecular complexity index is 1230. The second kappa shape index (κ2) is 8.14. The number of benzene rings is 1. The van der Waals surface area contributed by atoms with Crippen molar-refractivity contribution in [2.24, 2.45) is 0 Å². The summed E-state index contributed by atoms with van der Waals surface area (Å²) < 4.78 is 17.2. The topological polar surface area (TPSA) is 68.3 Å². The summed E-state index contributed by atoms with van der Waals surface area (Å²) in [5, 5.41) is 9.34. The number of carbonyl (C=O) groups excluding carboxylic acids is 1. The molecule has 5 rings (SSSR count). The second-order valence-electron chi connectivity index (χ2n) is 7.52. The van der Waals surface area contributed by atoms with Crippen molar-refractivity contribution in [1.29, 1.82) is 0 Å². The van der Waals surface area contributed by atoms with Crippen molar-refractivity contribution >= 4 is 23.3 Å². The smallest absolute Gasteiger partial charge is 0.272 e. The second-order valence-corrected chi connectivity index (χ2v) is 8.29. The fourth-order valence-corrected chi connectivity index (χ4v) is 4.69. The Kier molecular flexibility index (Phi) is 5.19. The van der Waals surface area contributed by atoms with Crippen LogP contribution in [0.4, 0.5) is 4.39 Å². The molecule has 1 aliphatic heterocycles. The van der Waals surface area contributed by atoms with Crippen LogP contribution < -0.4 is 0 Å². The Hall–Kier alpha value is -3.20. The van der Waals surface area contributed by atoms with E-state index in [-0.39, 0.29) is 17.6 Å². The molecule has 1 aliphatic rings. The number of thioether (sulfide) groups is 1. The highest BCUT2D eigenvalue weighted by Gasteiger charge is 2.30. The van der Waals surface area contributed by atoms with Crippen molar-refractivity contribution in [3.8, 4) is 5.69 Å². The van der Waals surface area contributed by atoms with Gasteiger partial charge < -0.3 is 4.90 Å². The number of nitrogens with zero attached hydrogens (tertiary/aromatic N) is 6. The molecule has 4 heterocycles. The molecule has 3 aromatic heterocycles. The van der Waals surface area contributed by atoms with Gasteiger partial charge in [0.25, 0.3) is 5.91 Å². The standard InChI is InChI=1S/C22H21FN6OS/c1-31-22-24-13-18(29(22)17-9-7-16(23)8-10-17)21(30)27-11-4-5-15(14-27)20-26-25-19-6-2-3-12-28(19)20/h2-3,6-10,12-13,15H,4-5,11,14H2,1H3/t15-/m1/s1. The van der Waals surface area contributed by atoms with Crippen molar-refractivity contribution in [2.75, 3.05) is 19.3 Å². The molecule has 4 aromatic rings. The minimum absolute atomic E-state index is 0.0874. The number of hydrogen-bond donors (Lipinski definition) is 0. The van der Waals surface area contributed by atoms with E-state index in [0.717, 1.165) is 24.3 Å². The van der Waals surface area contributed by atoms with Crippen molar-refractivity contribution in [3.05, 3.63) is 72.2 Å². The highest BCUT2D eigenvalue weighted by atomic mass is 32.2. The molecule has 0 radical (unpaired) electrons. The first-order chi connectivity index (χ1) is 15.2. The van der Waals surface area contributed by atoms with Gasteiger partial charge in [0.1, 0.15) is 17.3 Å². The summed E-state index contributed by atoms with van der Waals surface area (Å²) in [5.74, 6) is 0.583. The number of likely N-dealkylation sites (tertiary alicyclic amines) is 1. The van der Waals surface area contributed by atoms with Gasteiger partial charge >= 0.3 is 0 Å². The Morgan fingerprint density at radius 3 is 2.81 bits per heavy atom. The van der Waals surface area contributed by atoms with E-state index in [1.165, 1.54) is 23.9 Å². The molecule has 31 heavy (non-hydrogen) atoms. The fraction of sp³-hybridized carbons (Fsp3) is 0.273. The van der Waals surface area contributed by atoms with Crippen LogP contribution in [0, 0.1) is 5.82 Å². The molecule has 0 spiro atoms. The summed E-state index contributed by atoms with van der Waals surface area (Å²) >= 11 is 1.45. The van der Waals surface area contributed by atoms with E-state index in [4.69, 9.17) is 0 Å². The summed E-state index contributed by atoms with van der Waals surface area (Å²) in [5.41, 5.74) is 1.99. The average molecular weight is 437 g/mol. The zero-order valence-corrected chi connectivity index (χ0v) is 17.8. The van der Waals surface area contributed by atoms with Crippen LogP contribution in [0.1, 0.15) is 35.1 Å². The molecule has 1 saturated heterocycles. The van der Waals surface area contributed by atoms with Crippen LogP contribution >= 0.6 is 11.8 Å². The number of rotatable bonds is 4. The normalized spacial score (nSPS) is 16.7. The van der Waals surface area contributed by atoms with Gasteiger partial charge in [0.05, 0.1) is 6.20 Å². The van der Waals surface area contributed by atoms with Gasteiger partial charge in [-0.1, -0.05) is 17.8 Å². The maximum absolute atomic E-state index is 13.5. The number of piperidine rings is 1. The SMILES string of the molecule is CSc1ncc(C(=O)N2CCC[C@@H](c3nnc4ccccn34)C2)n1-c1ccc(F)cc1. The lowest BCUT2D eigenvalue weighted by molar-refractivity contribution is 0.0695. The average Bonchev–Trinajstić information content (AvgIpc) is 3.43. The third kappa shape index (κ3) is 3.59. The van der Waals surface area contributed by atoms with E-state index in [9.17, 15) is 9.18 Å². The molecule has 7 nitrogen and oxygen atoms in total. The van der Waals surface area contributed by atoms with Gasteiger partial charge in [-0.15, -0.1) is 10.2 Å². The minimum atomic E-state index is -0.318. The Labute approximate surface area is 182 Å². The third-order valence-corrected chi connectivity index (χ3v) is 6.28. The number of imidazole rings is 1. The van der Waals surface area contributed by atoms with Crippen LogP contribution in [0.3, 0.4) is 0 Å². The molecule has 1 atom stereocenters. The number of hydrogen-bond acceptors (Lipinski definition) is 5. The van der Waals surface area contributed by atoms with Crippen molar-refractivity contribution < 1.29 is 9.18 Å².